The summed E-state index contributed by atoms with van der Waals surface area (Å²) in [6, 6.07) is 0. The molecular weight excluding hydrogens is 176 g/mol. The lowest BCUT2D eigenvalue weighted by molar-refractivity contribution is 0.139. The van der Waals surface area contributed by atoms with Crippen LogP contribution >= 0.6 is 0 Å². The second-order valence-corrected chi connectivity index (χ2v) is 4.23. The van der Waals surface area contributed by atoms with E-state index >= 15 is 0 Å². The van der Waals surface area contributed by atoms with Crippen molar-refractivity contribution in [3.63, 3.8) is 0 Å². The van der Waals surface area contributed by atoms with Gasteiger partial charge in [-0.15, -0.1) is 0 Å². The monoisotopic (exact) mass is 200 g/mol. The zero-order valence-corrected chi connectivity index (χ0v) is 9.37. The summed E-state index contributed by atoms with van der Waals surface area (Å²) < 4.78 is 5.06. The summed E-state index contributed by atoms with van der Waals surface area (Å²) in [5.74, 6) is 0.844. The molecule has 0 bridgehead atoms. The Balaban J connectivity index is 2.12. The fourth-order valence-electron chi connectivity index (χ4n) is 2.26. The summed E-state index contributed by atoms with van der Waals surface area (Å²) in [5, 5.41) is 0. The Morgan fingerprint density at radius 1 is 1.50 bits per heavy atom. The van der Waals surface area contributed by atoms with Crippen LogP contribution in [0.25, 0.3) is 0 Å². The highest BCUT2D eigenvalue weighted by atomic mass is 16.5. The van der Waals surface area contributed by atoms with E-state index in [1.54, 1.807) is 7.11 Å². The normalized spacial score (nSPS) is 24.0. The zero-order chi connectivity index (χ0) is 10.2. The van der Waals surface area contributed by atoms with E-state index in [4.69, 9.17) is 10.5 Å². The average Bonchev–Trinajstić information content (AvgIpc) is 2.19. The minimum Gasteiger partial charge on any atom is -0.385 e. The molecule has 2 N–H and O–H groups in total. The van der Waals surface area contributed by atoms with Gasteiger partial charge in [-0.3, -0.25) is 0 Å². The third-order valence-electron chi connectivity index (χ3n) is 3.00. The van der Waals surface area contributed by atoms with Crippen LogP contribution in [0.15, 0.2) is 0 Å². The van der Waals surface area contributed by atoms with E-state index in [9.17, 15) is 0 Å². The van der Waals surface area contributed by atoms with E-state index in [0.717, 1.165) is 25.5 Å². The smallest absolute Gasteiger partial charge is 0.0474 e. The molecule has 1 fully saturated rings. The first-order valence-corrected chi connectivity index (χ1v) is 5.78. The number of nitrogens with two attached hydrogens (primary N) is 1. The van der Waals surface area contributed by atoms with E-state index < -0.39 is 0 Å². The molecule has 0 aromatic heterocycles. The first-order chi connectivity index (χ1) is 6.86. The van der Waals surface area contributed by atoms with Crippen LogP contribution in [0.1, 0.15) is 25.7 Å². The molecule has 0 radical (unpaired) electrons. The summed E-state index contributed by atoms with van der Waals surface area (Å²) >= 11 is 0. The SMILES string of the molecule is COCCCN1CCCC(CCN)C1. The van der Waals surface area contributed by atoms with Crippen LogP contribution in [0.4, 0.5) is 0 Å². The third kappa shape index (κ3) is 4.40. The summed E-state index contributed by atoms with van der Waals surface area (Å²) in [6.07, 6.45) is 5.07. The largest absolute Gasteiger partial charge is 0.385 e. The lowest BCUT2D eigenvalue weighted by atomic mass is 9.95. The molecule has 0 aromatic carbocycles. The Labute approximate surface area is 87.6 Å². The Hall–Kier alpha value is -0.120. The van der Waals surface area contributed by atoms with Crippen LogP contribution in [-0.2, 0) is 4.74 Å². The van der Waals surface area contributed by atoms with Gasteiger partial charge in [0.1, 0.15) is 0 Å². The molecule has 1 saturated heterocycles. The summed E-state index contributed by atoms with van der Waals surface area (Å²) in [4.78, 5) is 2.56. The van der Waals surface area contributed by atoms with Crippen LogP contribution in [0.2, 0.25) is 0 Å². The minimum absolute atomic E-state index is 0.844. The molecular formula is C11H24N2O. The quantitative estimate of drug-likeness (QED) is 0.652. The van der Waals surface area contributed by atoms with Gasteiger partial charge >= 0.3 is 0 Å². The highest BCUT2D eigenvalue weighted by Gasteiger charge is 2.18. The van der Waals surface area contributed by atoms with E-state index in [0.29, 0.717) is 0 Å². The van der Waals surface area contributed by atoms with Gasteiger partial charge in [0.05, 0.1) is 0 Å². The molecule has 0 amide bonds. The molecule has 1 rings (SSSR count). The van der Waals surface area contributed by atoms with E-state index in [2.05, 4.69) is 4.90 Å². The first kappa shape index (κ1) is 12.0. The van der Waals surface area contributed by atoms with Gasteiger partial charge in [0.2, 0.25) is 0 Å². The standard InChI is InChI=1S/C11H24N2O/c1-14-9-3-8-13-7-2-4-11(10-13)5-6-12/h11H,2-10,12H2,1H3. The highest BCUT2D eigenvalue weighted by Crippen LogP contribution is 2.18. The van der Waals surface area contributed by atoms with Crippen molar-refractivity contribution < 1.29 is 4.74 Å². The molecule has 0 aliphatic carbocycles. The number of likely N-dealkylation sites (tertiary alicyclic amines) is 1. The van der Waals surface area contributed by atoms with Gasteiger partial charge < -0.3 is 15.4 Å². The van der Waals surface area contributed by atoms with Crippen molar-refractivity contribution in [3.8, 4) is 0 Å². The molecule has 0 saturated carbocycles. The van der Waals surface area contributed by atoms with Crippen molar-refractivity contribution in [3.05, 3.63) is 0 Å². The Morgan fingerprint density at radius 2 is 2.36 bits per heavy atom. The van der Waals surface area contributed by atoms with Crippen LogP contribution < -0.4 is 5.73 Å². The molecule has 1 aliphatic heterocycles. The van der Waals surface area contributed by atoms with Gasteiger partial charge in [0.25, 0.3) is 0 Å². The lowest BCUT2D eigenvalue weighted by Gasteiger charge is -2.32. The van der Waals surface area contributed by atoms with Crippen LogP contribution in [0, 0.1) is 5.92 Å². The fourth-order valence-corrected chi connectivity index (χ4v) is 2.26. The van der Waals surface area contributed by atoms with Gasteiger partial charge in [-0.2, -0.15) is 0 Å². The number of hydrogen-bond donors (Lipinski definition) is 1. The van der Waals surface area contributed by atoms with Gasteiger partial charge in [-0.1, -0.05) is 0 Å². The number of hydrogen-bond acceptors (Lipinski definition) is 3. The van der Waals surface area contributed by atoms with Crippen molar-refractivity contribution in [1.29, 1.82) is 0 Å². The molecule has 1 unspecified atom stereocenters. The maximum atomic E-state index is 5.59. The van der Waals surface area contributed by atoms with Crippen LogP contribution in [0.3, 0.4) is 0 Å². The highest BCUT2D eigenvalue weighted by molar-refractivity contribution is 4.73. The maximum Gasteiger partial charge on any atom is 0.0474 e. The molecule has 1 heterocycles. The second-order valence-electron chi connectivity index (χ2n) is 4.23. The number of nitrogens with zero attached hydrogens (tertiary/aromatic N) is 1. The van der Waals surface area contributed by atoms with E-state index in [1.807, 2.05) is 0 Å². The molecule has 0 spiro atoms. The predicted octanol–water partition coefficient (Wildman–Crippen LogP) is 1.08. The van der Waals surface area contributed by atoms with Crippen molar-refractivity contribution in [1.82, 2.24) is 4.90 Å². The first-order valence-electron chi connectivity index (χ1n) is 5.78. The number of piperidine rings is 1. The molecule has 14 heavy (non-hydrogen) atoms. The maximum absolute atomic E-state index is 5.59. The fraction of sp³-hybridized carbons (Fsp3) is 1.00. The summed E-state index contributed by atoms with van der Waals surface area (Å²) in [6.45, 7) is 5.44. The minimum atomic E-state index is 0.844. The van der Waals surface area contributed by atoms with Gasteiger partial charge in [0, 0.05) is 26.8 Å². The second kappa shape index (κ2) is 7.21. The van der Waals surface area contributed by atoms with Gasteiger partial charge in [-0.05, 0) is 44.7 Å². The third-order valence-corrected chi connectivity index (χ3v) is 3.00. The lowest BCUT2D eigenvalue weighted by Crippen LogP contribution is -2.37. The summed E-state index contributed by atoms with van der Waals surface area (Å²) in [7, 11) is 1.77. The Kier molecular flexibility index (Phi) is 6.15. The molecule has 3 heteroatoms. The number of methoxy groups -OCH3 is 1. The Bertz CT molecular complexity index is 139. The van der Waals surface area contributed by atoms with Crippen molar-refractivity contribution in [2.75, 3.05) is 39.9 Å². The zero-order valence-electron chi connectivity index (χ0n) is 9.37. The van der Waals surface area contributed by atoms with Gasteiger partial charge in [-0.25, -0.2) is 0 Å². The molecule has 84 valence electrons. The predicted molar refractivity (Wildman–Crippen MR) is 59.3 cm³/mol. The van der Waals surface area contributed by atoms with Gasteiger partial charge in [0.15, 0.2) is 0 Å². The topological polar surface area (TPSA) is 38.5 Å². The molecule has 0 aromatic rings. The molecule has 1 aliphatic rings. The van der Waals surface area contributed by atoms with E-state index in [-0.39, 0.29) is 0 Å². The number of rotatable bonds is 6. The summed E-state index contributed by atoms with van der Waals surface area (Å²) in [5.41, 5.74) is 5.59. The average molecular weight is 200 g/mol. The van der Waals surface area contributed by atoms with Crippen LogP contribution in [0.5, 0.6) is 0 Å². The van der Waals surface area contributed by atoms with Crippen molar-refractivity contribution in [2.45, 2.75) is 25.7 Å². The van der Waals surface area contributed by atoms with Crippen molar-refractivity contribution >= 4 is 0 Å². The van der Waals surface area contributed by atoms with E-state index in [1.165, 1.54) is 38.9 Å². The Morgan fingerprint density at radius 3 is 3.07 bits per heavy atom. The van der Waals surface area contributed by atoms with Crippen molar-refractivity contribution in [2.24, 2.45) is 11.7 Å². The van der Waals surface area contributed by atoms with Crippen LogP contribution in [-0.4, -0.2) is 44.8 Å². The molecule has 1 atom stereocenters. The number of ether oxygens (including phenoxy) is 1. The molecule has 3 nitrogen and oxygen atoms in total.